The third-order valence-electron chi connectivity index (χ3n) is 2.01. The molecule has 2 nitrogen and oxygen atoms in total. The summed E-state index contributed by atoms with van der Waals surface area (Å²) < 4.78 is 12.8. The van der Waals surface area contributed by atoms with Gasteiger partial charge in [-0.1, -0.05) is 0 Å². The number of hydrogen-bond acceptors (Lipinski definition) is 2. The van der Waals surface area contributed by atoms with Crippen LogP contribution < -0.4 is 5.73 Å². The first-order valence-corrected chi connectivity index (χ1v) is 3.99. The molecule has 0 spiro atoms. The number of hydrogen-bond donors (Lipinski definition) is 1. The highest BCUT2D eigenvalue weighted by molar-refractivity contribution is 5.82. The molecule has 2 rings (SSSR count). The summed E-state index contributed by atoms with van der Waals surface area (Å²) in [5.74, 6) is -0.266. The number of rotatable bonds is 0. The number of nitrogen functional groups attached to an aromatic ring is 1. The molecule has 1 aromatic carbocycles. The smallest absolute Gasteiger partial charge is 0.123 e. The lowest BCUT2D eigenvalue weighted by molar-refractivity contribution is 0.629. The lowest BCUT2D eigenvalue weighted by atomic mass is 10.2. The van der Waals surface area contributed by atoms with Gasteiger partial charge in [0.2, 0.25) is 0 Å². The molecule has 3 heteroatoms. The van der Waals surface area contributed by atoms with Gasteiger partial charge in [0, 0.05) is 5.39 Å². The SMILES string of the molecule is Cc1nc2ccc(F)cc2cc1N. The number of aryl methyl sites for hydroxylation is 1. The van der Waals surface area contributed by atoms with E-state index in [1.807, 2.05) is 6.92 Å². The first kappa shape index (κ1) is 7.98. The van der Waals surface area contributed by atoms with Crippen LogP contribution in [0.15, 0.2) is 24.3 Å². The van der Waals surface area contributed by atoms with Crippen molar-refractivity contribution in [3.8, 4) is 0 Å². The number of pyridine rings is 1. The quantitative estimate of drug-likeness (QED) is 0.668. The van der Waals surface area contributed by atoms with E-state index in [9.17, 15) is 4.39 Å². The van der Waals surface area contributed by atoms with E-state index in [0.717, 1.165) is 16.6 Å². The molecule has 1 heterocycles. The normalized spacial score (nSPS) is 10.6. The van der Waals surface area contributed by atoms with Crippen molar-refractivity contribution in [1.29, 1.82) is 0 Å². The Morgan fingerprint density at radius 2 is 2.08 bits per heavy atom. The van der Waals surface area contributed by atoms with Gasteiger partial charge in [-0.25, -0.2) is 4.39 Å². The maximum absolute atomic E-state index is 12.8. The number of benzene rings is 1. The maximum atomic E-state index is 12.8. The maximum Gasteiger partial charge on any atom is 0.123 e. The summed E-state index contributed by atoms with van der Waals surface area (Å²) in [5, 5.41) is 0.739. The minimum absolute atomic E-state index is 0.266. The summed E-state index contributed by atoms with van der Waals surface area (Å²) in [6, 6.07) is 6.21. The lowest BCUT2D eigenvalue weighted by Crippen LogP contribution is -1.93. The molecular formula is C10H9FN2. The number of fused-ring (bicyclic) bond motifs is 1. The molecule has 2 aromatic rings. The fourth-order valence-electron chi connectivity index (χ4n) is 1.26. The summed E-state index contributed by atoms with van der Waals surface area (Å²) in [5.41, 5.74) is 7.79. The standard InChI is InChI=1S/C10H9FN2/c1-6-9(12)5-7-4-8(11)2-3-10(7)13-6/h2-5H,12H2,1H3. The first-order valence-electron chi connectivity index (χ1n) is 3.99. The van der Waals surface area contributed by atoms with Gasteiger partial charge in [-0.15, -0.1) is 0 Å². The molecule has 0 aliphatic carbocycles. The zero-order chi connectivity index (χ0) is 9.42. The molecule has 0 saturated heterocycles. The van der Waals surface area contributed by atoms with Crippen molar-refractivity contribution in [2.45, 2.75) is 6.92 Å². The molecule has 0 atom stereocenters. The van der Waals surface area contributed by atoms with Crippen LogP contribution in [0, 0.1) is 12.7 Å². The van der Waals surface area contributed by atoms with Crippen LogP contribution in [0.4, 0.5) is 10.1 Å². The van der Waals surface area contributed by atoms with Crippen molar-refractivity contribution in [3.05, 3.63) is 35.8 Å². The fraction of sp³-hybridized carbons (Fsp3) is 0.100. The molecule has 1 aromatic heterocycles. The topological polar surface area (TPSA) is 38.9 Å². The Balaban J connectivity index is 2.81. The monoisotopic (exact) mass is 176 g/mol. The Labute approximate surface area is 75.2 Å². The van der Waals surface area contributed by atoms with Crippen LogP contribution >= 0.6 is 0 Å². The third-order valence-corrected chi connectivity index (χ3v) is 2.01. The predicted molar refractivity (Wildman–Crippen MR) is 50.9 cm³/mol. The predicted octanol–water partition coefficient (Wildman–Crippen LogP) is 2.26. The van der Waals surface area contributed by atoms with Crippen molar-refractivity contribution in [1.82, 2.24) is 4.98 Å². The highest BCUT2D eigenvalue weighted by Crippen LogP contribution is 2.18. The third kappa shape index (κ3) is 1.33. The van der Waals surface area contributed by atoms with Crippen molar-refractivity contribution < 1.29 is 4.39 Å². The van der Waals surface area contributed by atoms with Gasteiger partial charge in [0.15, 0.2) is 0 Å². The number of anilines is 1. The second kappa shape index (κ2) is 2.69. The van der Waals surface area contributed by atoms with E-state index in [0.29, 0.717) is 5.69 Å². The second-order valence-corrected chi connectivity index (χ2v) is 3.00. The Hall–Kier alpha value is -1.64. The minimum atomic E-state index is -0.266. The molecule has 0 fully saturated rings. The molecule has 0 aliphatic heterocycles. The molecule has 66 valence electrons. The van der Waals surface area contributed by atoms with E-state index >= 15 is 0 Å². The van der Waals surface area contributed by atoms with Gasteiger partial charge < -0.3 is 5.73 Å². The Bertz CT molecular complexity index is 466. The molecule has 0 bridgehead atoms. The molecule has 0 aliphatic rings. The second-order valence-electron chi connectivity index (χ2n) is 3.00. The van der Waals surface area contributed by atoms with Crippen LogP contribution in [-0.2, 0) is 0 Å². The average molecular weight is 176 g/mol. The van der Waals surface area contributed by atoms with Gasteiger partial charge in [-0.05, 0) is 31.2 Å². The van der Waals surface area contributed by atoms with Crippen molar-refractivity contribution in [2.75, 3.05) is 5.73 Å². The summed E-state index contributed by atoms with van der Waals surface area (Å²) in [6.45, 7) is 1.83. The van der Waals surface area contributed by atoms with E-state index < -0.39 is 0 Å². The summed E-state index contributed by atoms with van der Waals surface area (Å²) in [7, 11) is 0. The van der Waals surface area contributed by atoms with Gasteiger partial charge in [-0.2, -0.15) is 0 Å². The molecule has 13 heavy (non-hydrogen) atoms. The fourth-order valence-corrected chi connectivity index (χ4v) is 1.26. The Kier molecular flexibility index (Phi) is 1.65. The van der Waals surface area contributed by atoms with Crippen LogP contribution in [0.2, 0.25) is 0 Å². The van der Waals surface area contributed by atoms with Crippen molar-refractivity contribution in [2.24, 2.45) is 0 Å². The number of aromatic nitrogens is 1. The van der Waals surface area contributed by atoms with Crippen molar-refractivity contribution >= 4 is 16.6 Å². The van der Waals surface area contributed by atoms with E-state index in [-0.39, 0.29) is 5.82 Å². The van der Waals surface area contributed by atoms with Gasteiger partial charge in [0.1, 0.15) is 5.82 Å². The number of nitrogens with two attached hydrogens (primary N) is 1. The van der Waals surface area contributed by atoms with Crippen LogP contribution in [-0.4, -0.2) is 4.98 Å². The highest BCUT2D eigenvalue weighted by Gasteiger charge is 2.00. The van der Waals surface area contributed by atoms with E-state index in [4.69, 9.17) is 5.73 Å². The van der Waals surface area contributed by atoms with Gasteiger partial charge in [0.25, 0.3) is 0 Å². The Morgan fingerprint density at radius 3 is 2.85 bits per heavy atom. The zero-order valence-electron chi connectivity index (χ0n) is 7.21. The minimum Gasteiger partial charge on any atom is -0.397 e. The summed E-state index contributed by atoms with van der Waals surface area (Å²) in [6.07, 6.45) is 0. The van der Waals surface area contributed by atoms with Crippen LogP contribution in [0.1, 0.15) is 5.69 Å². The lowest BCUT2D eigenvalue weighted by Gasteiger charge is -2.02. The molecule has 2 N–H and O–H groups in total. The van der Waals surface area contributed by atoms with Crippen LogP contribution in [0.5, 0.6) is 0 Å². The van der Waals surface area contributed by atoms with E-state index in [1.54, 1.807) is 12.1 Å². The molecule has 0 saturated carbocycles. The summed E-state index contributed by atoms with van der Waals surface area (Å²) >= 11 is 0. The largest absolute Gasteiger partial charge is 0.397 e. The van der Waals surface area contributed by atoms with E-state index in [2.05, 4.69) is 4.98 Å². The van der Waals surface area contributed by atoms with Crippen LogP contribution in [0.3, 0.4) is 0 Å². The van der Waals surface area contributed by atoms with Gasteiger partial charge in [0.05, 0.1) is 16.9 Å². The van der Waals surface area contributed by atoms with Crippen molar-refractivity contribution in [3.63, 3.8) is 0 Å². The molecular weight excluding hydrogens is 167 g/mol. The summed E-state index contributed by atoms with van der Waals surface area (Å²) in [4.78, 5) is 4.22. The van der Waals surface area contributed by atoms with Gasteiger partial charge in [-0.3, -0.25) is 4.98 Å². The van der Waals surface area contributed by atoms with Gasteiger partial charge >= 0.3 is 0 Å². The molecule has 0 radical (unpaired) electrons. The first-order chi connectivity index (χ1) is 6.16. The highest BCUT2D eigenvalue weighted by atomic mass is 19.1. The molecule has 0 unspecified atom stereocenters. The zero-order valence-corrected chi connectivity index (χ0v) is 7.21. The Morgan fingerprint density at radius 1 is 1.31 bits per heavy atom. The number of halogens is 1. The van der Waals surface area contributed by atoms with E-state index in [1.165, 1.54) is 12.1 Å². The average Bonchev–Trinajstić information content (AvgIpc) is 2.08. The number of nitrogens with zero attached hydrogens (tertiary/aromatic N) is 1. The molecule has 0 amide bonds. The van der Waals surface area contributed by atoms with Crippen LogP contribution in [0.25, 0.3) is 10.9 Å².